The molecule has 0 aliphatic heterocycles. The van der Waals surface area contributed by atoms with Gasteiger partial charge in [-0.15, -0.1) is 6.58 Å². The molecule has 2 aromatic rings. The highest BCUT2D eigenvalue weighted by molar-refractivity contribution is 7.89. The Bertz CT molecular complexity index is 899. The molecule has 0 aromatic heterocycles. The molecular formula is C20H23FN2O3S. The minimum Gasteiger partial charge on any atom is -0.308 e. The number of amides is 1. The Morgan fingerprint density at radius 1 is 1.22 bits per heavy atom. The first-order chi connectivity index (χ1) is 12.9. The molecule has 0 spiro atoms. The molecular weight excluding hydrogens is 367 g/mol. The van der Waals surface area contributed by atoms with Gasteiger partial charge in [0.05, 0.1) is 0 Å². The highest BCUT2D eigenvalue weighted by atomic mass is 32.2. The number of hydrogen-bond donors (Lipinski definition) is 1. The maximum Gasteiger partial charge on any atom is 0.258 e. The number of sulfonamides is 1. The fourth-order valence-corrected chi connectivity index (χ4v) is 3.62. The number of anilines is 1. The Kier molecular flexibility index (Phi) is 7.27. The molecule has 0 aliphatic carbocycles. The molecule has 0 bridgehead atoms. The second kappa shape index (κ2) is 9.43. The molecule has 2 rings (SSSR count). The van der Waals surface area contributed by atoms with Gasteiger partial charge >= 0.3 is 0 Å². The number of halogens is 1. The molecule has 144 valence electrons. The Hall–Kier alpha value is -2.51. The summed E-state index contributed by atoms with van der Waals surface area (Å²) in [6.45, 7) is 5.89. The zero-order chi connectivity index (χ0) is 19.9. The molecule has 2 aromatic carbocycles. The van der Waals surface area contributed by atoms with Gasteiger partial charge in [0.25, 0.3) is 5.91 Å². The van der Waals surface area contributed by atoms with Crippen LogP contribution in [0.2, 0.25) is 0 Å². The van der Waals surface area contributed by atoms with Gasteiger partial charge in [-0.3, -0.25) is 4.79 Å². The van der Waals surface area contributed by atoms with Crippen molar-refractivity contribution in [1.82, 2.24) is 4.72 Å². The minimum atomic E-state index is -4.08. The van der Waals surface area contributed by atoms with Crippen molar-refractivity contribution in [2.75, 3.05) is 18.0 Å². The van der Waals surface area contributed by atoms with Gasteiger partial charge in [0, 0.05) is 24.3 Å². The first-order valence-electron chi connectivity index (χ1n) is 8.67. The first kappa shape index (κ1) is 20.8. The summed E-state index contributed by atoms with van der Waals surface area (Å²) in [7, 11) is -4.08. The molecule has 0 saturated heterocycles. The standard InChI is InChI=1S/C20H23FN2O3S/c1-3-5-14-23(17-9-7-6-8-10-17)20(24)16-11-12-18(21)19(15-16)27(25,26)22-13-4-2/h4,6-12,15,22H,2-3,5,13-14H2,1H3. The predicted molar refractivity (Wildman–Crippen MR) is 105 cm³/mol. The lowest BCUT2D eigenvalue weighted by Crippen LogP contribution is -2.32. The van der Waals surface area contributed by atoms with E-state index < -0.39 is 20.7 Å². The van der Waals surface area contributed by atoms with Crippen LogP contribution >= 0.6 is 0 Å². The number of rotatable bonds is 9. The van der Waals surface area contributed by atoms with E-state index in [1.54, 1.807) is 17.0 Å². The van der Waals surface area contributed by atoms with Gasteiger partial charge in [-0.25, -0.2) is 17.5 Å². The fourth-order valence-electron chi connectivity index (χ4n) is 2.52. The van der Waals surface area contributed by atoms with E-state index in [4.69, 9.17) is 0 Å². The van der Waals surface area contributed by atoms with Crippen LogP contribution in [0, 0.1) is 5.82 Å². The average Bonchev–Trinajstić information content (AvgIpc) is 2.67. The van der Waals surface area contributed by atoms with E-state index >= 15 is 0 Å². The molecule has 7 heteroatoms. The molecule has 1 amide bonds. The number of carbonyl (C=O) groups is 1. The molecule has 0 atom stereocenters. The van der Waals surface area contributed by atoms with Gasteiger partial charge < -0.3 is 4.90 Å². The van der Waals surface area contributed by atoms with Crippen LogP contribution in [0.3, 0.4) is 0 Å². The van der Waals surface area contributed by atoms with Gasteiger partial charge in [0.1, 0.15) is 10.7 Å². The molecule has 0 fully saturated rings. The lowest BCUT2D eigenvalue weighted by atomic mass is 10.1. The van der Waals surface area contributed by atoms with Crippen molar-refractivity contribution in [2.45, 2.75) is 24.7 Å². The van der Waals surface area contributed by atoms with Crippen LogP contribution in [0.25, 0.3) is 0 Å². The minimum absolute atomic E-state index is 0.0351. The van der Waals surface area contributed by atoms with Crippen molar-refractivity contribution in [1.29, 1.82) is 0 Å². The molecule has 0 aliphatic rings. The third-order valence-electron chi connectivity index (χ3n) is 3.93. The zero-order valence-corrected chi connectivity index (χ0v) is 16.0. The molecule has 0 unspecified atom stereocenters. The summed E-state index contributed by atoms with van der Waals surface area (Å²) in [5.41, 5.74) is 0.810. The number of nitrogens with zero attached hydrogens (tertiary/aromatic N) is 1. The third kappa shape index (κ3) is 5.24. The van der Waals surface area contributed by atoms with Gasteiger partial charge in [-0.1, -0.05) is 37.6 Å². The molecule has 0 radical (unpaired) electrons. The highest BCUT2D eigenvalue weighted by Crippen LogP contribution is 2.21. The second-order valence-electron chi connectivity index (χ2n) is 5.93. The van der Waals surface area contributed by atoms with E-state index in [0.717, 1.165) is 25.0 Å². The largest absolute Gasteiger partial charge is 0.308 e. The van der Waals surface area contributed by atoms with Crippen LogP contribution in [0.4, 0.5) is 10.1 Å². The van der Waals surface area contributed by atoms with E-state index in [1.807, 2.05) is 25.1 Å². The summed E-state index contributed by atoms with van der Waals surface area (Å²) in [4.78, 5) is 14.0. The Morgan fingerprint density at radius 3 is 2.56 bits per heavy atom. The zero-order valence-electron chi connectivity index (χ0n) is 15.2. The second-order valence-corrected chi connectivity index (χ2v) is 7.67. The van der Waals surface area contributed by atoms with Crippen molar-refractivity contribution in [3.63, 3.8) is 0 Å². The maximum atomic E-state index is 14.1. The van der Waals surface area contributed by atoms with E-state index in [-0.39, 0.29) is 18.0 Å². The van der Waals surface area contributed by atoms with Crippen molar-refractivity contribution >= 4 is 21.6 Å². The number of carbonyl (C=O) groups excluding carboxylic acids is 1. The van der Waals surface area contributed by atoms with Crippen LogP contribution in [0.5, 0.6) is 0 Å². The van der Waals surface area contributed by atoms with E-state index in [0.29, 0.717) is 12.2 Å². The molecule has 0 saturated carbocycles. The smallest absolute Gasteiger partial charge is 0.258 e. The number of hydrogen-bond acceptors (Lipinski definition) is 3. The van der Waals surface area contributed by atoms with Crippen LogP contribution < -0.4 is 9.62 Å². The highest BCUT2D eigenvalue weighted by Gasteiger charge is 2.23. The fraction of sp³-hybridized carbons (Fsp3) is 0.250. The quantitative estimate of drug-likeness (QED) is 0.664. The van der Waals surface area contributed by atoms with Crippen molar-refractivity contribution < 1.29 is 17.6 Å². The van der Waals surface area contributed by atoms with E-state index in [1.165, 1.54) is 12.1 Å². The van der Waals surface area contributed by atoms with Gasteiger partial charge in [-0.05, 0) is 36.8 Å². The summed E-state index contributed by atoms with van der Waals surface area (Å²) in [5.74, 6) is -1.29. The van der Waals surface area contributed by atoms with Crippen molar-refractivity contribution in [3.05, 3.63) is 72.6 Å². The van der Waals surface area contributed by atoms with Gasteiger partial charge in [0.2, 0.25) is 10.0 Å². The lowest BCUT2D eigenvalue weighted by Gasteiger charge is -2.23. The third-order valence-corrected chi connectivity index (χ3v) is 5.37. The predicted octanol–water partition coefficient (Wildman–Crippen LogP) is 3.74. The summed E-state index contributed by atoms with van der Waals surface area (Å²) in [5, 5.41) is 0. The van der Waals surface area contributed by atoms with Crippen molar-refractivity contribution in [3.8, 4) is 0 Å². The summed E-state index contributed by atoms with van der Waals surface area (Å²) in [6.07, 6.45) is 3.03. The van der Waals surface area contributed by atoms with Crippen LogP contribution in [-0.4, -0.2) is 27.4 Å². The summed E-state index contributed by atoms with van der Waals surface area (Å²) < 4.78 is 40.9. The molecule has 1 N–H and O–H groups in total. The molecule has 5 nitrogen and oxygen atoms in total. The summed E-state index contributed by atoms with van der Waals surface area (Å²) >= 11 is 0. The number of benzene rings is 2. The van der Waals surface area contributed by atoms with Crippen LogP contribution in [-0.2, 0) is 10.0 Å². The van der Waals surface area contributed by atoms with E-state index in [2.05, 4.69) is 11.3 Å². The molecule has 0 heterocycles. The topological polar surface area (TPSA) is 66.5 Å². The lowest BCUT2D eigenvalue weighted by molar-refractivity contribution is 0.0986. The number of unbranched alkanes of at least 4 members (excludes halogenated alkanes) is 1. The van der Waals surface area contributed by atoms with Gasteiger partial charge in [-0.2, -0.15) is 0 Å². The maximum absolute atomic E-state index is 14.1. The average molecular weight is 390 g/mol. The van der Waals surface area contributed by atoms with Crippen LogP contribution in [0.1, 0.15) is 30.1 Å². The first-order valence-corrected chi connectivity index (χ1v) is 10.2. The Balaban J connectivity index is 2.41. The number of nitrogens with one attached hydrogen (secondary N) is 1. The van der Waals surface area contributed by atoms with Gasteiger partial charge in [0.15, 0.2) is 0 Å². The molecule has 27 heavy (non-hydrogen) atoms. The van der Waals surface area contributed by atoms with Crippen LogP contribution in [0.15, 0.2) is 66.1 Å². The summed E-state index contributed by atoms with van der Waals surface area (Å²) in [6, 6.07) is 12.5. The normalized spacial score (nSPS) is 11.2. The SMILES string of the molecule is C=CCNS(=O)(=O)c1cc(C(=O)N(CCCC)c2ccccc2)ccc1F. The Labute approximate surface area is 159 Å². The monoisotopic (exact) mass is 390 g/mol. The van der Waals surface area contributed by atoms with Crippen molar-refractivity contribution in [2.24, 2.45) is 0 Å². The Morgan fingerprint density at radius 2 is 1.93 bits per heavy atom. The van der Waals surface area contributed by atoms with E-state index in [9.17, 15) is 17.6 Å². The number of para-hydroxylation sites is 1.